The molecule has 0 aliphatic heterocycles. The highest BCUT2D eigenvalue weighted by Crippen LogP contribution is 2.30. The minimum Gasteiger partial charge on any atom is -0.290 e. The molecule has 0 heterocycles. The fourth-order valence-electron chi connectivity index (χ4n) is 0.985. The third-order valence-corrected chi connectivity index (χ3v) is 2.04. The van der Waals surface area contributed by atoms with Gasteiger partial charge < -0.3 is 0 Å². The molecule has 2 fully saturated rings. The molecule has 0 amide bonds. The quantitative estimate of drug-likeness (QED) is 0.561. The summed E-state index contributed by atoms with van der Waals surface area (Å²) in [6.45, 7) is 0. The molecule has 0 aromatic rings. The predicted octanol–water partition coefficient (Wildman–Crippen LogP) is 2.24. The number of hydrogen-bond acceptors (Lipinski definition) is 1. The lowest BCUT2D eigenvalue weighted by molar-refractivity contribution is -0.110. The van der Waals surface area contributed by atoms with Gasteiger partial charge in [-0.3, -0.25) is 4.79 Å². The van der Waals surface area contributed by atoms with Gasteiger partial charge in [-0.1, -0.05) is 11.6 Å². The maximum atomic E-state index is 11.1. The first kappa shape index (κ1) is 6.84. The van der Waals surface area contributed by atoms with Crippen molar-refractivity contribution < 1.29 is 4.79 Å². The van der Waals surface area contributed by atoms with Crippen molar-refractivity contribution in [1.82, 2.24) is 0 Å². The third kappa shape index (κ3) is 2.34. The van der Waals surface area contributed by atoms with Gasteiger partial charge in [-0.25, -0.2) is 0 Å². The molecule has 2 saturated carbocycles. The van der Waals surface area contributed by atoms with Crippen LogP contribution in [0.2, 0.25) is 0 Å². The van der Waals surface area contributed by atoms with Crippen LogP contribution in [0.15, 0.2) is 23.8 Å². The van der Waals surface area contributed by atoms with Crippen LogP contribution in [0.4, 0.5) is 0 Å². The van der Waals surface area contributed by atoms with Gasteiger partial charge >= 0.3 is 0 Å². The molecule has 1 heteroatoms. The van der Waals surface area contributed by atoms with Crippen LogP contribution >= 0.6 is 0 Å². The van der Waals surface area contributed by atoms with Crippen molar-refractivity contribution in [3.8, 4) is 0 Å². The van der Waals surface area contributed by atoms with E-state index in [0.717, 1.165) is 18.8 Å². The largest absolute Gasteiger partial charge is 0.290 e. The second-order valence-electron chi connectivity index (χ2n) is 3.40. The lowest BCUT2D eigenvalue weighted by Crippen LogP contribution is -1.84. The average Bonchev–Trinajstić information content (AvgIpc) is 2.80. The van der Waals surface area contributed by atoms with Crippen LogP contribution < -0.4 is 0 Å². The van der Waals surface area contributed by atoms with E-state index in [1.165, 1.54) is 18.4 Å². The van der Waals surface area contributed by atoms with Crippen LogP contribution in [-0.2, 0) is 4.79 Å². The maximum absolute atomic E-state index is 11.1. The molecule has 2 aliphatic rings. The topological polar surface area (TPSA) is 17.1 Å². The molecule has 2 aliphatic carbocycles. The molecule has 1 nitrogen and oxygen atoms in total. The van der Waals surface area contributed by atoms with E-state index in [1.807, 2.05) is 6.08 Å². The highest BCUT2D eigenvalue weighted by Gasteiger charge is 2.17. The van der Waals surface area contributed by atoms with E-state index < -0.39 is 0 Å². The molecule has 0 aromatic carbocycles. The Labute approximate surface area is 66.8 Å². The van der Waals surface area contributed by atoms with Gasteiger partial charge in [0.05, 0.1) is 0 Å². The third-order valence-electron chi connectivity index (χ3n) is 2.04. The Hall–Kier alpha value is -0.850. The molecule has 0 aromatic heterocycles. The highest BCUT2D eigenvalue weighted by atomic mass is 16.1. The molecule has 0 radical (unpaired) electrons. The van der Waals surface area contributed by atoms with Gasteiger partial charge in [-0.2, -0.15) is 0 Å². The van der Waals surface area contributed by atoms with Crippen molar-refractivity contribution in [1.29, 1.82) is 0 Å². The molecule has 2 rings (SSSR count). The van der Waals surface area contributed by atoms with Gasteiger partial charge in [0, 0.05) is 0 Å². The van der Waals surface area contributed by atoms with Crippen molar-refractivity contribution in [2.24, 2.45) is 5.92 Å². The average molecular weight is 148 g/mol. The number of hydrogen-bond donors (Lipinski definition) is 0. The smallest absolute Gasteiger partial charge is 0.178 e. The summed E-state index contributed by atoms with van der Waals surface area (Å²) in [5.74, 6) is 0.904. The zero-order chi connectivity index (χ0) is 7.68. The number of carbonyl (C=O) groups excluding carboxylic acids is 1. The lowest BCUT2D eigenvalue weighted by atomic mass is 10.3. The van der Waals surface area contributed by atoms with E-state index in [9.17, 15) is 4.79 Å². The van der Waals surface area contributed by atoms with E-state index in [2.05, 4.69) is 0 Å². The number of carbonyl (C=O) groups is 1. The van der Waals surface area contributed by atoms with Crippen LogP contribution in [0.5, 0.6) is 0 Å². The minimum atomic E-state index is 0.185. The summed E-state index contributed by atoms with van der Waals surface area (Å²) in [7, 11) is 0. The van der Waals surface area contributed by atoms with Crippen LogP contribution in [-0.4, -0.2) is 5.78 Å². The van der Waals surface area contributed by atoms with Gasteiger partial charge in [-0.15, -0.1) is 0 Å². The van der Waals surface area contributed by atoms with Crippen LogP contribution in [0.25, 0.3) is 0 Å². The summed E-state index contributed by atoms with van der Waals surface area (Å²) in [6, 6.07) is 0. The minimum absolute atomic E-state index is 0.185. The normalized spacial score (nSPS) is 22.4. The zero-order valence-electron chi connectivity index (χ0n) is 6.55. The number of allylic oxidation sites excluding steroid dienone is 4. The first-order chi connectivity index (χ1) is 5.34. The predicted molar refractivity (Wildman–Crippen MR) is 44.2 cm³/mol. The summed E-state index contributed by atoms with van der Waals surface area (Å²) in [6.07, 6.45) is 10.4. The maximum Gasteiger partial charge on any atom is 0.178 e. The van der Waals surface area contributed by atoms with Crippen molar-refractivity contribution in [3.63, 3.8) is 0 Å². The second-order valence-corrected chi connectivity index (χ2v) is 3.40. The molecule has 0 atom stereocenters. The molecule has 0 saturated heterocycles. The van der Waals surface area contributed by atoms with E-state index in [0.29, 0.717) is 0 Å². The molecule has 0 unspecified atom stereocenters. The van der Waals surface area contributed by atoms with E-state index in [4.69, 9.17) is 0 Å². The Bertz CT molecular complexity index is 225. The Balaban J connectivity index is 1.83. The fraction of sp³-hybridized carbons (Fsp3) is 0.500. The van der Waals surface area contributed by atoms with Gasteiger partial charge in [-0.05, 0) is 43.8 Å². The highest BCUT2D eigenvalue weighted by molar-refractivity contribution is 6.00. The molecule has 0 spiro atoms. The molecular weight excluding hydrogens is 136 g/mol. The molecular formula is C10H12O. The Kier molecular flexibility index (Phi) is 1.65. The summed E-state index contributed by atoms with van der Waals surface area (Å²) < 4.78 is 0. The summed E-state index contributed by atoms with van der Waals surface area (Å²) >= 11 is 0. The molecule has 58 valence electrons. The van der Waals surface area contributed by atoms with Gasteiger partial charge in [0.15, 0.2) is 5.78 Å². The van der Waals surface area contributed by atoms with Gasteiger partial charge in [0.25, 0.3) is 0 Å². The number of ketones is 1. The standard InChI is InChI=1S/C10H12O/c11-10(7-9-3-4-9)6-5-8-1-2-8/h5-8H,1-4H2/b6-5+. The zero-order valence-corrected chi connectivity index (χ0v) is 6.55. The second kappa shape index (κ2) is 2.65. The monoisotopic (exact) mass is 148 g/mol. The Morgan fingerprint density at radius 3 is 2.64 bits per heavy atom. The molecule has 0 bridgehead atoms. The molecule has 0 N–H and O–H groups in total. The Morgan fingerprint density at radius 2 is 2.09 bits per heavy atom. The van der Waals surface area contributed by atoms with Crippen molar-refractivity contribution in [2.75, 3.05) is 0 Å². The van der Waals surface area contributed by atoms with E-state index in [-0.39, 0.29) is 5.78 Å². The van der Waals surface area contributed by atoms with Gasteiger partial charge in [0.2, 0.25) is 0 Å². The van der Waals surface area contributed by atoms with Crippen molar-refractivity contribution in [3.05, 3.63) is 23.8 Å². The van der Waals surface area contributed by atoms with Crippen LogP contribution in [0.3, 0.4) is 0 Å². The van der Waals surface area contributed by atoms with E-state index >= 15 is 0 Å². The van der Waals surface area contributed by atoms with Crippen LogP contribution in [0.1, 0.15) is 25.7 Å². The van der Waals surface area contributed by atoms with E-state index in [1.54, 1.807) is 12.2 Å². The summed E-state index contributed by atoms with van der Waals surface area (Å²) in [5, 5.41) is 0. The first-order valence-corrected chi connectivity index (χ1v) is 4.26. The first-order valence-electron chi connectivity index (χ1n) is 4.26. The van der Waals surface area contributed by atoms with Crippen LogP contribution in [0, 0.1) is 5.92 Å². The Morgan fingerprint density at radius 1 is 1.36 bits per heavy atom. The van der Waals surface area contributed by atoms with Crippen molar-refractivity contribution >= 4 is 5.78 Å². The fourth-order valence-corrected chi connectivity index (χ4v) is 0.985. The lowest BCUT2D eigenvalue weighted by Gasteiger charge is -1.80. The van der Waals surface area contributed by atoms with Crippen molar-refractivity contribution in [2.45, 2.75) is 25.7 Å². The SMILES string of the molecule is O=C(C=C1CC1)/C=C/C1CC1. The summed E-state index contributed by atoms with van der Waals surface area (Å²) in [4.78, 5) is 11.1. The molecule has 11 heavy (non-hydrogen) atoms. The summed E-state index contributed by atoms with van der Waals surface area (Å²) in [5.41, 5.74) is 1.32. The van der Waals surface area contributed by atoms with Gasteiger partial charge in [0.1, 0.15) is 0 Å². The number of rotatable bonds is 3.